The van der Waals surface area contributed by atoms with E-state index in [4.69, 9.17) is 0 Å². The molecule has 148 valence electrons. The molecule has 4 nitrogen and oxygen atoms in total. The Morgan fingerprint density at radius 1 is 0.500 bits per heavy atom. The third kappa shape index (κ3) is 6.30. The summed E-state index contributed by atoms with van der Waals surface area (Å²) in [5.41, 5.74) is 2.97. The first-order valence-corrected chi connectivity index (χ1v) is 9.54. The molecule has 0 aliphatic carbocycles. The number of aromatic amines is 2. The third-order valence-electron chi connectivity index (χ3n) is 4.19. The Kier molecular flexibility index (Phi) is 6.22. The Morgan fingerprint density at radius 2 is 0.769 bits per heavy atom. The van der Waals surface area contributed by atoms with Crippen LogP contribution in [0.5, 0.6) is 0 Å². The second kappa shape index (κ2) is 7.21. The van der Waals surface area contributed by atoms with E-state index < -0.39 is 0 Å². The molecule has 0 radical (unpaired) electrons. The van der Waals surface area contributed by atoms with Gasteiger partial charge >= 0.3 is 0 Å². The molecule has 0 unspecified atom stereocenters. The van der Waals surface area contributed by atoms with Crippen molar-refractivity contribution in [1.29, 1.82) is 0 Å². The van der Waals surface area contributed by atoms with E-state index in [1.54, 1.807) is 0 Å². The van der Waals surface area contributed by atoms with Crippen molar-refractivity contribution < 1.29 is 0 Å². The van der Waals surface area contributed by atoms with Crippen LogP contribution in [0, 0.1) is 0 Å². The quantitative estimate of drug-likeness (QED) is 0.604. The molecule has 0 saturated heterocycles. The Balaban J connectivity index is 0.000000260. The van der Waals surface area contributed by atoms with Gasteiger partial charge < -0.3 is 9.97 Å². The fourth-order valence-electron chi connectivity index (χ4n) is 2.17. The van der Waals surface area contributed by atoms with E-state index in [0.29, 0.717) is 0 Å². The summed E-state index contributed by atoms with van der Waals surface area (Å²) in [6, 6.07) is 0. The van der Waals surface area contributed by atoms with E-state index in [1.165, 1.54) is 11.4 Å². The van der Waals surface area contributed by atoms with Gasteiger partial charge in [-0.3, -0.25) is 0 Å². The molecular formula is C22H40N4. The molecular weight excluding hydrogens is 320 g/mol. The van der Waals surface area contributed by atoms with Crippen LogP contribution in [0.4, 0.5) is 0 Å². The minimum atomic E-state index is 0.115. The van der Waals surface area contributed by atoms with Crippen LogP contribution < -0.4 is 0 Å². The smallest absolute Gasteiger partial charge is 0.111 e. The van der Waals surface area contributed by atoms with E-state index in [9.17, 15) is 0 Å². The van der Waals surface area contributed by atoms with Crippen molar-refractivity contribution in [3.63, 3.8) is 0 Å². The molecule has 0 bridgehead atoms. The van der Waals surface area contributed by atoms with Crippen molar-refractivity contribution in [3.05, 3.63) is 35.4 Å². The molecule has 0 aromatic carbocycles. The normalized spacial score (nSPS) is 13.4. The summed E-state index contributed by atoms with van der Waals surface area (Å²) in [5, 5.41) is 0. The predicted molar refractivity (Wildman–Crippen MR) is 112 cm³/mol. The Hall–Kier alpha value is -1.58. The summed E-state index contributed by atoms with van der Waals surface area (Å²) >= 11 is 0. The number of hydrogen-bond donors (Lipinski definition) is 2. The average molecular weight is 361 g/mol. The number of rotatable bonds is 0. The number of aromatic nitrogens is 4. The van der Waals surface area contributed by atoms with Gasteiger partial charge in [-0.25, -0.2) is 9.97 Å². The van der Waals surface area contributed by atoms with Crippen molar-refractivity contribution >= 4 is 0 Å². The first-order valence-electron chi connectivity index (χ1n) is 9.54. The van der Waals surface area contributed by atoms with Gasteiger partial charge in [0.05, 0.1) is 0 Å². The molecule has 2 rings (SSSR count). The van der Waals surface area contributed by atoms with Crippen molar-refractivity contribution in [2.45, 2.75) is 105 Å². The molecule has 0 amide bonds. The van der Waals surface area contributed by atoms with Crippen LogP contribution in [0.3, 0.4) is 0 Å². The minimum Gasteiger partial charge on any atom is -0.345 e. The van der Waals surface area contributed by atoms with Crippen LogP contribution in [0.15, 0.2) is 12.4 Å². The average Bonchev–Trinajstić information content (AvgIpc) is 3.06. The second-order valence-electron chi connectivity index (χ2n) is 11.3. The van der Waals surface area contributed by atoms with Crippen LogP contribution in [0.1, 0.15) is 106 Å². The fraction of sp³-hybridized carbons (Fsp3) is 0.727. The fourth-order valence-corrected chi connectivity index (χ4v) is 2.17. The van der Waals surface area contributed by atoms with Gasteiger partial charge in [0.25, 0.3) is 0 Å². The molecule has 2 heterocycles. The van der Waals surface area contributed by atoms with Crippen LogP contribution >= 0.6 is 0 Å². The largest absolute Gasteiger partial charge is 0.345 e. The highest BCUT2D eigenvalue weighted by atomic mass is 14.9. The maximum atomic E-state index is 4.40. The summed E-state index contributed by atoms with van der Waals surface area (Å²) < 4.78 is 0. The highest BCUT2D eigenvalue weighted by molar-refractivity contribution is 5.15. The number of nitrogens with zero attached hydrogens (tertiary/aromatic N) is 2. The lowest BCUT2D eigenvalue weighted by atomic mass is 9.92. The molecule has 0 fully saturated rings. The van der Waals surface area contributed by atoms with E-state index in [1.807, 2.05) is 12.4 Å². The zero-order valence-corrected chi connectivity index (χ0v) is 19.0. The van der Waals surface area contributed by atoms with Gasteiger partial charge in [-0.2, -0.15) is 0 Å². The van der Waals surface area contributed by atoms with Gasteiger partial charge in [-0.05, 0) is 0 Å². The molecule has 0 aliphatic heterocycles. The van der Waals surface area contributed by atoms with Gasteiger partial charge in [0, 0.05) is 45.4 Å². The van der Waals surface area contributed by atoms with Crippen molar-refractivity contribution in [2.75, 3.05) is 0 Å². The van der Waals surface area contributed by atoms with Gasteiger partial charge in [-0.1, -0.05) is 83.1 Å². The third-order valence-corrected chi connectivity index (χ3v) is 4.19. The molecule has 0 spiro atoms. The first kappa shape index (κ1) is 22.5. The van der Waals surface area contributed by atoms with Gasteiger partial charge in [-0.15, -0.1) is 0 Å². The highest BCUT2D eigenvalue weighted by Crippen LogP contribution is 2.25. The van der Waals surface area contributed by atoms with E-state index in [-0.39, 0.29) is 21.7 Å². The lowest BCUT2D eigenvalue weighted by Gasteiger charge is -2.18. The Bertz CT molecular complexity index is 573. The molecule has 0 saturated carbocycles. The predicted octanol–water partition coefficient (Wildman–Crippen LogP) is 6.01. The minimum absolute atomic E-state index is 0.115. The Morgan fingerprint density at radius 3 is 0.885 bits per heavy atom. The maximum absolute atomic E-state index is 4.40. The van der Waals surface area contributed by atoms with Crippen molar-refractivity contribution in [2.24, 2.45) is 0 Å². The lowest BCUT2D eigenvalue weighted by molar-refractivity contribution is 0.534. The topological polar surface area (TPSA) is 57.4 Å². The van der Waals surface area contributed by atoms with Crippen molar-refractivity contribution in [3.8, 4) is 0 Å². The zero-order valence-electron chi connectivity index (χ0n) is 19.0. The Labute approximate surface area is 160 Å². The SMILES string of the molecule is CC(C)(C)c1cnc(C(C)(C)C)[nH]1.CC(C)(C)c1cnc(C(C)(C)C)[nH]1. The first-order chi connectivity index (χ1) is 11.4. The van der Waals surface area contributed by atoms with Crippen molar-refractivity contribution in [1.82, 2.24) is 19.9 Å². The summed E-state index contributed by atoms with van der Waals surface area (Å²) in [7, 11) is 0. The number of hydrogen-bond acceptors (Lipinski definition) is 2. The van der Waals surface area contributed by atoms with Crippen LogP contribution in [0.25, 0.3) is 0 Å². The monoisotopic (exact) mass is 360 g/mol. The van der Waals surface area contributed by atoms with Crippen LogP contribution in [-0.4, -0.2) is 19.9 Å². The lowest BCUT2D eigenvalue weighted by Crippen LogP contribution is -2.15. The summed E-state index contributed by atoms with van der Waals surface area (Å²) in [6.45, 7) is 26.1. The standard InChI is InChI=1S/2C11H20N2/c2*1-10(2,3)8-7-12-9(13-8)11(4,5)6/h2*7H,1-6H3,(H,12,13). The van der Waals surface area contributed by atoms with Crippen LogP contribution in [-0.2, 0) is 21.7 Å². The molecule has 0 atom stereocenters. The highest BCUT2D eigenvalue weighted by Gasteiger charge is 2.22. The van der Waals surface area contributed by atoms with Crippen LogP contribution in [0.2, 0.25) is 0 Å². The molecule has 4 heteroatoms. The molecule has 0 aliphatic rings. The zero-order chi connectivity index (χ0) is 20.6. The van der Waals surface area contributed by atoms with E-state index in [2.05, 4.69) is 103 Å². The summed E-state index contributed by atoms with van der Waals surface area (Å²) in [5.74, 6) is 2.13. The second-order valence-corrected chi connectivity index (χ2v) is 11.3. The number of imidazole rings is 2. The summed E-state index contributed by atoms with van der Waals surface area (Å²) in [4.78, 5) is 15.6. The van der Waals surface area contributed by atoms with Gasteiger partial charge in [0.2, 0.25) is 0 Å². The maximum Gasteiger partial charge on any atom is 0.111 e. The summed E-state index contributed by atoms with van der Waals surface area (Å²) in [6.07, 6.45) is 3.89. The molecule has 2 N–H and O–H groups in total. The number of H-pyrrole nitrogens is 2. The molecule has 2 aromatic rings. The van der Waals surface area contributed by atoms with Gasteiger partial charge in [0.15, 0.2) is 0 Å². The number of nitrogens with one attached hydrogen (secondary N) is 2. The van der Waals surface area contributed by atoms with E-state index >= 15 is 0 Å². The molecule has 26 heavy (non-hydrogen) atoms. The molecule has 2 aromatic heterocycles. The van der Waals surface area contributed by atoms with Gasteiger partial charge in [0.1, 0.15) is 11.6 Å². The van der Waals surface area contributed by atoms with E-state index in [0.717, 1.165) is 11.6 Å².